The lowest BCUT2D eigenvalue weighted by Crippen LogP contribution is -2.05. The van der Waals surface area contributed by atoms with Gasteiger partial charge in [-0.05, 0) is 31.9 Å². The summed E-state index contributed by atoms with van der Waals surface area (Å²) in [5.41, 5.74) is 9.24. The summed E-state index contributed by atoms with van der Waals surface area (Å²) >= 11 is 0. The molecule has 0 aliphatic heterocycles. The molecule has 7 heteroatoms. The van der Waals surface area contributed by atoms with Crippen LogP contribution in [0.4, 0.5) is 0 Å². The zero-order valence-corrected chi connectivity index (χ0v) is 10.7. The van der Waals surface area contributed by atoms with Crippen LogP contribution in [0.2, 0.25) is 0 Å². The second-order valence-corrected chi connectivity index (χ2v) is 4.36. The Morgan fingerprint density at radius 1 is 1.32 bits per heavy atom. The number of aromatic nitrogens is 6. The molecule has 3 heterocycles. The summed E-state index contributed by atoms with van der Waals surface area (Å²) in [6.07, 6.45) is 6.86. The molecule has 19 heavy (non-hydrogen) atoms. The van der Waals surface area contributed by atoms with Crippen molar-refractivity contribution in [3.8, 4) is 5.82 Å². The van der Waals surface area contributed by atoms with Gasteiger partial charge in [-0.2, -0.15) is 5.10 Å². The molecule has 0 saturated heterocycles. The first-order valence-electron chi connectivity index (χ1n) is 6.19. The molecule has 3 aromatic heterocycles. The molecule has 0 amide bonds. The first-order valence-corrected chi connectivity index (χ1v) is 6.19. The lowest BCUT2D eigenvalue weighted by molar-refractivity contribution is 0.803. The summed E-state index contributed by atoms with van der Waals surface area (Å²) in [7, 11) is 0. The third-order valence-electron chi connectivity index (χ3n) is 3.17. The number of imidazole rings is 1. The Kier molecular flexibility index (Phi) is 2.96. The van der Waals surface area contributed by atoms with Crippen LogP contribution in [0, 0.1) is 6.92 Å². The Labute approximate surface area is 109 Å². The Morgan fingerprint density at radius 3 is 3.05 bits per heavy atom. The molecule has 0 unspecified atom stereocenters. The zero-order chi connectivity index (χ0) is 13.2. The van der Waals surface area contributed by atoms with Gasteiger partial charge in [0, 0.05) is 5.69 Å². The van der Waals surface area contributed by atoms with E-state index < -0.39 is 0 Å². The van der Waals surface area contributed by atoms with E-state index in [2.05, 4.69) is 25.0 Å². The smallest absolute Gasteiger partial charge is 0.182 e. The van der Waals surface area contributed by atoms with Crippen LogP contribution < -0.4 is 5.73 Å². The predicted molar refractivity (Wildman–Crippen MR) is 70.9 cm³/mol. The number of rotatable bonds is 4. The molecular weight excluding hydrogens is 242 g/mol. The summed E-state index contributed by atoms with van der Waals surface area (Å²) in [4.78, 5) is 15.6. The number of fused-ring (bicyclic) bond motifs is 1. The van der Waals surface area contributed by atoms with Crippen molar-refractivity contribution in [1.82, 2.24) is 29.7 Å². The van der Waals surface area contributed by atoms with Crippen LogP contribution in [0.5, 0.6) is 0 Å². The number of hydrogen-bond acceptors (Lipinski definition) is 5. The minimum atomic E-state index is 0.642. The number of nitrogens with zero attached hydrogens (tertiary/aromatic N) is 5. The molecule has 0 fully saturated rings. The summed E-state index contributed by atoms with van der Waals surface area (Å²) in [6, 6.07) is 0. The van der Waals surface area contributed by atoms with E-state index in [1.807, 2.05) is 17.8 Å². The maximum atomic E-state index is 5.54. The molecule has 0 atom stereocenters. The quantitative estimate of drug-likeness (QED) is 0.718. The summed E-state index contributed by atoms with van der Waals surface area (Å²) in [5, 5.41) is 4.41. The highest BCUT2D eigenvalue weighted by Gasteiger charge is 2.13. The van der Waals surface area contributed by atoms with Gasteiger partial charge in [-0.3, -0.25) is 0 Å². The highest BCUT2D eigenvalue weighted by Crippen LogP contribution is 2.18. The Bertz CT molecular complexity index is 697. The summed E-state index contributed by atoms with van der Waals surface area (Å²) in [5.74, 6) is 0.721. The van der Waals surface area contributed by atoms with Crippen molar-refractivity contribution in [2.45, 2.75) is 19.8 Å². The Balaban J connectivity index is 2.07. The number of hydrogen-bond donors (Lipinski definition) is 2. The van der Waals surface area contributed by atoms with Crippen LogP contribution >= 0.6 is 0 Å². The lowest BCUT2D eigenvalue weighted by atomic mass is 10.1. The minimum Gasteiger partial charge on any atom is -0.340 e. The maximum absolute atomic E-state index is 5.54. The van der Waals surface area contributed by atoms with Gasteiger partial charge in [0.05, 0.1) is 12.5 Å². The molecular formula is C12H15N7. The average molecular weight is 257 g/mol. The molecule has 0 saturated carbocycles. The highest BCUT2D eigenvalue weighted by atomic mass is 15.3. The van der Waals surface area contributed by atoms with Crippen LogP contribution in [-0.2, 0) is 6.42 Å². The van der Waals surface area contributed by atoms with E-state index in [1.165, 1.54) is 11.9 Å². The highest BCUT2D eigenvalue weighted by molar-refractivity contribution is 5.77. The Morgan fingerprint density at radius 2 is 2.21 bits per heavy atom. The third-order valence-corrected chi connectivity index (χ3v) is 3.17. The fraction of sp³-hybridized carbons (Fsp3) is 0.333. The largest absolute Gasteiger partial charge is 0.340 e. The van der Waals surface area contributed by atoms with Gasteiger partial charge in [0.1, 0.15) is 11.8 Å². The van der Waals surface area contributed by atoms with E-state index in [0.717, 1.165) is 29.9 Å². The van der Waals surface area contributed by atoms with Crippen LogP contribution in [0.15, 0.2) is 18.9 Å². The van der Waals surface area contributed by atoms with Crippen molar-refractivity contribution in [2.24, 2.45) is 5.73 Å². The molecule has 0 radical (unpaired) electrons. The second kappa shape index (κ2) is 4.77. The van der Waals surface area contributed by atoms with Gasteiger partial charge in [0.2, 0.25) is 0 Å². The van der Waals surface area contributed by atoms with Crippen molar-refractivity contribution in [3.63, 3.8) is 0 Å². The van der Waals surface area contributed by atoms with E-state index >= 15 is 0 Å². The number of nitrogens with two attached hydrogens (primary N) is 1. The molecule has 0 spiro atoms. The Hall–Kier alpha value is -2.28. The molecule has 98 valence electrons. The number of aromatic amines is 1. The molecule has 3 N–H and O–H groups in total. The van der Waals surface area contributed by atoms with Crippen LogP contribution in [0.25, 0.3) is 17.0 Å². The van der Waals surface area contributed by atoms with Crippen molar-refractivity contribution in [3.05, 3.63) is 30.1 Å². The molecule has 0 bridgehead atoms. The molecule has 3 rings (SSSR count). The predicted octanol–water partition coefficient (Wildman–Crippen LogP) is 0.738. The van der Waals surface area contributed by atoms with Crippen molar-refractivity contribution >= 4 is 11.2 Å². The SMILES string of the molecule is Cc1c(CCCN)cnn1-c1ncnc2nc[nH]c12. The summed E-state index contributed by atoms with van der Waals surface area (Å²) < 4.78 is 1.81. The second-order valence-electron chi connectivity index (χ2n) is 4.36. The van der Waals surface area contributed by atoms with Crippen LogP contribution in [0.3, 0.4) is 0 Å². The van der Waals surface area contributed by atoms with Gasteiger partial charge in [-0.1, -0.05) is 0 Å². The van der Waals surface area contributed by atoms with E-state index in [-0.39, 0.29) is 0 Å². The number of nitrogens with one attached hydrogen (secondary N) is 1. The number of aryl methyl sites for hydroxylation is 1. The third kappa shape index (κ3) is 1.97. The normalized spacial score (nSPS) is 11.3. The fourth-order valence-electron chi connectivity index (χ4n) is 2.11. The van der Waals surface area contributed by atoms with Gasteiger partial charge in [0.15, 0.2) is 11.5 Å². The van der Waals surface area contributed by atoms with E-state index in [9.17, 15) is 0 Å². The average Bonchev–Trinajstić information content (AvgIpc) is 3.03. The van der Waals surface area contributed by atoms with Crippen LogP contribution in [-0.4, -0.2) is 36.3 Å². The van der Waals surface area contributed by atoms with E-state index in [0.29, 0.717) is 12.2 Å². The molecule has 0 aromatic carbocycles. The monoisotopic (exact) mass is 257 g/mol. The zero-order valence-electron chi connectivity index (χ0n) is 10.7. The molecule has 0 aliphatic carbocycles. The summed E-state index contributed by atoms with van der Waals surface area (Å²) in [6.45, 7) is 2.71. The first-order chi connectivity index (χ1) is 9.31. The van der Waals surface area contributed by atoms with E-state index in [1.54, 1.807) is 6.33 Å². The van der Waals surface area contributed by atoms with Gasteiger partial charge < -0.3 is 10.7 Å². The van der Waals surface area contributed by atoms with Crippen LogP contribution in [0.1, 0.15) is 17.7 Å². The van der Waals surface area contributed by atoms with Crippen molar-refractivity contribution in [2.75, 3.05) is 6.54 Å². The lowest BCUT2D eigenvalue weighted by Gasteiger charge is -2.05. The number of H-pyrrole nitrogens is 1. The fourth-order valence-corrected chi connectivity index (χ4v) is 2.11. The molecule has 3 aromatic rings. The molecule has 7 nitrogen and oxygen atoms in total. The van der Waals surface area contributed by atoms with Crippen molar-refractivity contribution < 1.29 is 0 Å². The topological polar surface area (TPSA) is 98.3 Å². The molecule has 0 aliphatic rings. The first kappa shape index (κ1) is 11.8. The van der Waals surface area contributed by atoms with Crippen molar-refractivity contribution in [1.29, 1.82) is 0 Å². The van der Waals surface area contributed by atoms with Gasteiger partial charge >= 0.3 is 0 Å². The minimum absolute atomic E-state index is 0.642. The maximum Gasteiger partial charge on any atom is 0.182 e. The van der Waals surface area contributed by atoms with Gasteiger partial charge in [0.25, 0.3) is 0 Å². The van der Waals surface area contributed by atoms with Gasteiger partial charge in [-0.15, -0.1) is 0 Å². The van der Waals surface area contributed by atoms with Gasteiger partial charge in [-0.25, -0.2) is 19.6 Å². The standard InChI is InChI=1S/C12H15N7/c1-8-9(3-2-4-13)5-18-19(8)12-10-11(15-6-14-10)16-7-17-12/h5-7H,2-4,13H2,1H3,(H,14,15,16,17). The van der Waals surface area contributed by atoms with E-state index in [4.69, 9.17) is 5.73 Å².